The van der Waals surface area contributed by atoms with Crippen molar-refractivity contribution in [2.45, 2.75) is 25.7 Å². The summed E-state index contributed by atoms with van der Waals surface area (Å²) in [5.74, 6) is 0.893. The monoisotopic (exact) mass is 525 g/mol. The molecule has 0 fully saturated rings. The highest BCUT2D eigenvalue weighted by atomic mass is 32.2. The van der Waals surface area contributed by atoms with Gasteiger partial charge in [-0.1, -0.05) is 30.3 Å². The molecule has 196 valence electrons. The van der Waals surface area contributed by atoms with E-state index in [1.807, 2.05) is 13.8 Å². The lowest BCUT2D eigenvalue weighted by atomic mass is 10.2. The Kier molecular flexibility index (Phi) is 9.91. The number of ether oxygens (including phenoxy) is 3. The molecule has 0 aliphatic carbocycles. The van der Waals surface area contributed by atoms with Crippen LogP contribution in [0.15, 0.2) is 82.8 Å². The quantitative estimate of drug-likeness (QED) is 0.264. The number of hydrogen-bond acceptors (Lipinski definition) is 7. The fourth-order valence-corrected chi connectivity index (χ4v) is 4.91. The lowest BCUT2D eigenvalue weighted by Gasteiger charge is -2.25. The standard InChI is InChI=1S/C27H31N3O6S/c1-4-34-24-15-11-10-14-23(24)30(37(32,33)22-12-8-7-9-13-22)20-27(31)29-28-19-21-16-17-25(35-5-2)26(18-21)36-6-3/h7-19H,4-6,20H2,1-3H3,(H,29,31)/b28-19-. The molecular formula is C27H31N3O6S. The van der Waals surface area contributed by atoms with Crippen molar-refractivity contribution < 1.29 is 27.4 Å². The molecule has 0 aromatic heterocycles. The largest absolute Gasteiger partial charge is 0.492 e. The molecule has 0 spiro atoms. The number of amides is 1. The number of sulfonamides is 1. The van der Waals surface area contributed by atoms with E-state index in [0.717, 1.165) is 4.31 Å². The Morgan fingerprint density at radius 1 is 0.838 bits per heavy atom. The van der Waals surface area contributed by atoms with E-state index >= 15 is 0 Å². The number of nitrogens with one attached hydrogen (secondary N) is 1. The summed E-state index contributed by atoms with van der Waals surface area (Å²) in [5, 5.41) is 4.01. The van der Waals surface area contributed by atoms with Crippen LogP contribution >= 0.6 is 0 Å². The molecule has 0 aliphatic rings. The van der Waals surface area contributed by atoms with Crippen molar-refractivity contribution in [3.63, 3.8) is 0 Å². The summed E-state index contributed by atoms with van der Waals surface area (Å²) in [6.07, 6.45) is 1.44. The first-order valence-corrected chi connectivity index (χ1v) is 13.4. The van der Waals surface area contributed by atoms with Gasteiger partial charge in [-0.05, 0) is 68.8 Å². The average molecular weight is 526 g/mol. The van der Waals surface area contributed by atoms with Gasteiger partial charge < -0.3 is 14.2 Å². The van der Waals surface area contributed by atoms with E-state index in [2.05, 4.69) is 10.5 Å². The van der Waals surface area contributed by atoms with E-state index in [0.29, 0.717) is 42.6 Å². The van der Waals surface area contributed by atoms with E-state index in [-0.39, 0.29) is 10.6 Å². The van der Waals surface area contributed by atoms with Crippen molar-refractivity contribution in [3.8, 4) is 17.2 Å². The van der Waals surface area contributed by atoms with Crippen LogP contribution in [0.3, 0.4) is 0 Å². The zero-order valence-electron chi connectivity index (χ0n) is 21.1. The highest BCUT2D eigenvalue weighted by Gasteiger charge is 2.29. The van der Waals surface area contributed by atoms with Gasteiger partial charge in [0.05, 0.1) is 36.6 Å². The first-order valence-electron chi connectivity index (χ1n) is 11.9. The van der Waals surface area contributed by atoms with Gasteiger partial charge in [-0.3, -0.25) is 9.10 Å². The molecule has 3 aromatic carbocycles. The van der Waals surface area contributed by atoms with E-state index in [9.17, 15) is 13.2 Å². The van der Waals surface area contributed by atoms with Crippen LogP contribution in [0.4, 0.5) is 5.69 Å². The zero-order valence-corrected chi connectivity index (χ0v) is 21.9. The Morgan fingerprint density at radius 2 is 1.46 bits per heavy atom. The number of para-hydroxylation sites is 2. The Bertz CT molecular complexity index is 1310. The average Bonchev–Trinajstić information content (AvgIpc) is 2.90. The molecule has 3 aromatic rings. The summed E-state index contributed by atoms with van der Waals surface area (Å²) < 4.78 is 44.9. The molecule has 9 nitrogen and oxygen atoms in total. The van der Waals surface area contributed by atoms with Gasteiger partial charge in [-0.25, -0.2) is 13.8 Å². The van der Waals surface area contributed by atoms with E-state index in [4.69, 9.17) is 14.2 Å². The zero-order chi connectivity index (χ0) is 26.7. The third kappa shape index (κ3) is 7.23. The molecule has 0 bridgehead atoms. The number of anilines is 1. The molecule has 0 aliphatic heterocycles. The molecule has 0 unspecified atom stereocenters. The minimum absolute atomic E-state index is 0.0513. The van der Waals surface area contributed by atoms with Crippen molar-refractivity contribution in [2.75, 3.05) is 30.7 Å². The van der Waals surface area contributed by atoms with Crippen LogP contribution in [0.1, 0.15) is 26.3 Å². The van der Waals surface area contributed by atoms with E-state index < -0.39 is 22.5 Å². The number of nitrogens with zero attached hydrogens (tertiary/aromatic N) is 2. The van der Waals surface area contributed by atoms with Gasteiger partial charge >= 0.3 is 0 Å². The molecule has 0 radical (unpaired) electrons. The number of benzene rings is 3. The van der Waals surface area contributed by atoms with Crippen LogP contribution in [0.25, 0.3) is 0 Å². The van der Waals surface area contributed by atoms with E-state index in [1.54, 1.807) is 67.6 Å². The van der Waals surface area contributed by atoms with Crippen LogP contribution in [-0.4, -0.2) is 46.9 Å². The van der Waals surface area contributed by atoms with E-state index in [1.165, 1.54) is 18.3 Å². The van der Waals surface area contributed by atoms with Crippen molar-refractivity contribution >= 4 is 27.8 Å². The third-order valence-corrected chi connectivity index (χ3v) is 6.80. The number of rotatable bonds is 13. The second-order valence-electron chi connectivity index (χ2n) is 7.59. The van der Waals surface area contributed by atoms with Gasteiger partial charge in [-0.2, -0.15) is 5.10 Å². The van der Waals surface area contributed by atoms with Crippen LogP contribution in [0.5, 0.6) is 17.2 Å². The molecule has 0 saturated heterocycles. The number of hydrazone groups is 1. The lowest BCUT2D eigenvalue weighted by Crippen LogP contribution is -2.39. The second-order valence-corrected chi connectivity index (χ2v) is 9.45. The van der Waals surface area contributed by atoms with Gasteiger partial charge in [-0.15, -0.1) is 0 Å². The van der Waals surface area contributed by atoms with Gasteiger partial charge in [0.1, 0.15) is 12.3 Å². The van der Waals surface area contributed by atoms with Gasteiger partial charge in [0.15, 0.2) is 11.5 Å². The summed E-state index contributed by atoms with van der Waals surface area (Å²) in [7, 11) is -4.08. The maximum Gasteiger partial charge on any atom is 0.264 e. The highest BCUT2D eigenvalue weighted by Crippen LogP contribution is 2.32. The lowest BCUT2D eigenvalue weighted by molar-refractivity contribution is -0.119. The highest BCUT2D eigenvalue weighted by molar-refractivity contribution is 7.92. The predicted octanol–water partition coefficient (Wildman–Crippen LogP) is 4.23. The Balaban J connectivity index is 1.84. The molecule has 10 heteroatoms. The first-order chi connectivity index (χ1) is 17.9. The fourth-order valence-electron chi connectivity index (χ4n) is 3.45. The van der Waals surface area contributed by atoms with Gasteiger partial charge in [0, 0.05) is 0 Å². The van der Waals surface area contributed by atoms with Gasteiger partial charge in [0.25, 0.3) is 15.9 Å². The van der Waals surface area contributed by atoms with Crippen molar-refractivity contribution in [3.05, 3.63) is 78.4 Å². The van der Waals surface area contributed by atoms with Gasteiger partial charge in [0.2, 0.25) is 0 Å². The van der Waals surface area contributed by atoms with Crippen molar-refractivity contribution in [1.29, 1.82) is 0 Å². The summed E-state index contributed by atoms with van der Waals surface area (Å²) in [4.78, 5) is 12.9. The number of carbonyl (C=O) groups excluding carboxylic acids is 1. The summed E-state index contributed by atoms with van der Waals surface area (Å²) in [6.45, 7) is 6.34. The predicted molar refractivity (Wildman–Crippen MR) is 143 cm³/mol. The maximum absolute atomic E-state index is 13.5. The van der Waals surface area contributed by atoms with Crippen LogP contribution in [0, 0.1) is 0 Å². The fraction of sp³-hybridized carbons (Fsp3) is 0.259. The molecule has 1 N–H and O–H groups in total. The molecular weight excluding hydrogens is 494 g/mol. The Morgan fingerprint density at radius 3 is 2.16 bits per heavy atom. The molecule has 0 heterocycles. The summed E-state index contributed by atoms with van der Waals surface area (Å²) >= 11 is 0. The Labute approximate surface area is 217 Å². The molecule has 0 saturated carbocycles. The molecule has 1 amide bonds. The number of carbonyl (C=O) groups is 1. The molecule has 0 atom stereocenters. The SMILES string of the molecule is CCOc1ccc(/C=N\NC(=O)CN(c2ccccc2OCC)S(=O)(=O)c2ccccc2)cc1OCC. The smallest absolute Gasteiger partial charge is 0.264 e. The topological polar surface area (TPSA) is 107 Å². The normalized spacial score (nSPS) is 11.2. The summed E-state index contributed by atoms with van der Waals surface area (Å²) in [6, 6.07) is 19.9. The van der Waals surface area contributed by atoms with Crippen molar-refractivity contribution in [1.82, 2.24) is 5.43 Å². The van der Waals surface area contributed by atoms with Crippen molar-refractivity contribution in [2.24, 2.45) is 5.10 Å². The van der Waals surface area contributed by atoms with Crippen LogP contribution < -0.4 is 23.9 Å². The minimum atomic E-state index is -4.08. The minimum Gasteiger partial charge on any atom is -0.492 e. The Hall–Kier alpha value is -4.05. The third-order valence-electron chi connectivity index (χ3n) is 5.02. The molecule has 37 heavy (non-hydrogen) atoms. The van der Waals surface area contributed by atoms with Crippen LogP contribution in [0.2, 0.25) is 0 Å². The maximum atomic E-state index is 13.5. The van der Waals surface area contributed by atoms with Crippen LogP contribution in [-0.2, 0) is 14.8 Å². The number of hydrogen-bond donors (Lipinski definition) is 1. The molecule has 3 rings (SSSR count). The second kappa shape index (κ2) is 13.3. The summed E-state index contributed by atoms with van der Waals surface area (Å²) in [5.41, 5.74) is 3.33. The first kappa shape index (κ1) is 27.5.